The lowest BCUT2D eigenvalue weighted by atomic mass is 10.2. The second-order valence-corrected chi connectivity index (χ2v) is 4.92. The van der Waals surface area contributed by atoms with Gasteiger partial charge in [0.1, 0.15) is 0 Å². The average molecular weight is 447 g/mol. The summed E-state index contributed by atoms with van der Waals surface area (Å²) in [5.41, 5.74) is 1.86. The lowest BCUT2D eigenvalue weighted by molar-refractivity contribution is 0.321. The summed E-state index contributed by atoms with van der Waals surface area (Å²) in [7, 11) is 3.58. The van der Waals surface area contributed by atoms with Gasteiger partial charge in [-0.15, -0.1) is 24.0 Å². The van der Waals surface area contributed by atoms with E-state index in [1.165, 1.54) is 6.07 Å². The van der Waals surface area contributed by atoms with Gasteiger partial charge in [-0.25, -0.2) is 4.39 Å². The molecule has 8 heteroatoms. The zero-order valence-electron chi connectivity index (χ0n) is 14.0. The summed E-state index contributed by atoms with van der Waals surface area (Å²) in [5, 5.41) is 10.4. The highest BCUT2D eigenvalue weighted by Gasteiger charge is 2.05. The number of halogens is 2. The molecule has 0 bridgehead atoms. The number of guanidine groups is 1. The van der Waals surface area contributed by atoms with Crippen molar-refractivity contribution in [1.29, 1.82) is 0 Å². The van der Waals surface area contributed by atoms with Gasteiger partial charge in [-0.3, -0.25) is 9.67 Å². The molecule has 0 aliphatic rings. The van der Waals surface area contributed by atoms with Gasteiger partial charge in [0.15, 0.2) is 17.5 Å². The van der Waals surface area contributed by atoms with Gasteiger partial charge in [-0.05, 0) is 30.7 Å². The minimum Gasteiger partial charge on any atom is -0.491 e. The third-order valence-corrected chi connectivity index (χ3v) is 3.34. The summed E-state index contributed by atoms with van der Waals surface area (Å²) in [5.74, 6) is 0.555. The van der Waals surface area contributed by atoms with Gasteiger partial charge in [-0.2, -0.15) is 5.10 Å². The maximum Gasteiger partial charge on any atom is 0.191 e. The molecule has 0 saturated carbocycles. The Morgan fingerprint density at radius 3 is 2.62 bits per heavy atom. The van der Waals surface area contributed by atoms with E-state index in [1.54, 1.807) is 24.0 Å². The van der Waals surface area contributed by atoms with Crippen LogP contribution < -0.4 is 15.4 Å². The lowest BCUT2D eigenvalue weighted by Gasteiger charge is -2.12. The zero-order chi connectivity index (χ0) is 16.7. The SMILES string of the molecule is CCOc1ccc(CNC(=NC)NCc2ccnn2C)cc1F.I. The van der Waals surface area contributed by atoms with Crippen LogP contribution in [-0.4, -0.2) is 29.4 Å². The predicted octanol–water partition coefficient (Wildman–Crippen LogP) is 2.44. The number of nitrogens with zero attached hydrogens (tertiary/aromatic N) is 3. The van der Waals surface area contributed by atoms with E-state index in [0.29, 0.717) is 25.7 Å². The smallest absolute Gasteiger partial charge is 0.191 e. The second kappa shape index (κ2) is 10.1. The molecule has 2 N–H and O–H groups in total. The van der Waals surface area contributed by atoms with Gasteiger partial charge in [0.2, 0.25) is 0 Å². The van der Waals surface area contributed by atoms with Gasteiger partial charge in [-0.1, -0.05) is 6.07 Å². The molecular weight excluding hydrogens is 424 g/mol. The number of rotatable bonds is 6. The number of aromatic nitrogens is 2. The third-order valence-electron chi connectivity index (χ3n) is 3.34. The van der Waals surface area contributed by atoms with Crippen molar-refractivity contribution < 1.29 is 9.13 Å². The highest BCUT2D eigenvalue weighted by molar-refractivity contribution is 14.0. The van der Waals surface area contributed by atoms with Gasteiger partial charge >= 0.3 is 0 Å². The Labute approximate surface area is 158 Å². The number of ether oxygens (including phenoxy) is 1. The van der Waals surface area contributed by atoms with Gasteiger partial charge in [0.05, 0.1) is 18.8 Å². The largest absolute Gasteiger partial charge is 0.491 e. The minimum atomic E-state index is -0.357. The van der Waals surface area contributed by atoms with Crippen molar-refractivity contribution in [2.24, 2.45) is 12.0 Å². The van der Waals surface area contributed by atoms with E-state index in [9.17, 15) is 4.39 Å². The fourth-order valence-electron chi connectivity index (χ4n) is 2.08. The molecule has 0 atom stereocenters. The van der Waals surface area contributed by atoms with Crippen LogP contribution >= 0.6 is 24.0 Å². The second-order valence-electron chi connectivity index (χ2n) is 4.92. The van der Waals surface area contributed by atoms with Crippen LogP contribution in [0.25, 0.3) is 0 Å². The topological polar surface area (TPSA) is 63.5 Å². The van der Waals surface area contributed by atoms with E-state index in [-0.39, 0.29) is 35.5 Å². The van der Waals surface area contributed by atoms with E-state index in [4.69, 9.17) is 4.74 Å². The molecular formula is C16H23FIN5O. The average Bonchev–Trinajstić information content (AvgIpc) is 2.95. The molecule has 0 saturated heterocycles. The molecule has 0 unspecified atom stereocenters. The van der Waals surface area contributed by atoms with E-state index < -0.39 is 0 Å². The molecule has 132 valence electrons. The maximum atomic E-state index is 13.8. The molecule has 0 aliphatic heterocycles. The molecule has 0 aliphatic carbocycles. The number of aryl methyl sites for hydroxylation is 1. The lowest BCUT2D eigenvalue weighted by Crippen LogP contribution is -2.36. The Bertz CT molecular complexity index is 674. The van der Waals surface area contributed by atoms with Crippen molar-refractivity contribution in [2.75, 3.05) is 13.7 Å². The van der Waals surface area contributed by atoms with Crippen LogP contribution in [0.15, 0.2) is 35.5 Å². The van der Waals surface area contributed by atoms with Gasteiger partial charge < -0.3 is 15.4 Å². The maximum absolute atomic E-state index is 13.8. The highest BCUT2D eigenvalue weighted by Crippen LogP contribution is 2.18. The number of aliphatic imine (C=N–C) groups is 1. The molecule has 24 heavy (non-hydrogen) atoms. The van der Waals surface area contributed by atoms with Crippen molar-refractivity contribution in [1.82, 2.24) is 20.4 Å². The fourth-order valence-corrected chi connectivity index (χ4v) is 2.08. The molecule has 0 radical (unpaired) electrons. The zero-order valence-corrected chi connectivity index (χ0v) is 16.4. The van der Waals surface area contributed by atoms with Crippen LogP contribution in [0.3, 0.4) is 0 Å². The number of hydrogen-bond acceptors (Lipinski definition) is 3. The van der Waals surface area contributed by atoms with Crippen molar-refractivity contribution in [2.45, 2.75) is 20.0 Å². The summed E-state index contributed by atoms with van der Waals surface area (Å²) in [6.07, 6.45) is 1.75. The van der Waals surface area contributed by atoms with Crippen molar-refractivity contribution in [3.63, 3.8) is 0 Å². The van der Waals surface area contributed by atoms with Crippen LogP contribution in [0, 0.1) is 5.82 Å². The molecule has 6 nitrogen and oxygen atoms in total. The molecule has 2 aromatic rings. The fraction of sp³-hybridized carbons (Fsp3) is 0.375. The Morgan fingerprint density at radius 1 is 1.29 bits per heavy atom. The van der Waals surface area contributed by atoms with Crippen LogP contribution in [0.1, 0.15) is 18.2 Å². The minimum absolute atomic E-state index is 0. The van der Waals surface area contributed by atoms with E-state index in [0.717, 1.165) is 11.3 Å². The first kappa shape index (κ1) is 20.2. The first-order valence-corrected chi connectivity index (χ1v) is 7.46. The predicted molar refractivity (Wildman–Crippen MR) is 103 cm³/mol. The molecule has 1 aromatic carbocycles. The highest BCUT2D eigenvalue weighted by atomic mass is 127. The monoisotopic (exact) mass is 447 g/mol. The summed E-state index contributed by atoms with van der Waals surface area (Å²) in [6, 6.07) is 6.87. The molecule has 1 heterocycles. The van der Waals surface area contributed by atoms with Crippen LogP contribution in [0.2, 0.25) is 0 Å². The van der Waals surface area contributed by atoms with Crippen LogP contribution in [0.4, 0.5) is 4.39 Å². The third kappa shape index (κ3) is 5.66. The number of nitrogens with one attached hydrogen (secondary N) is 2. The Morgan fingerprint density at radius 2 is 2.04 bits per heavy atom. The first-order valence-electron chi connectivity index (χ1n) is 7.46. The van der Waals surface area contributed by atoms with Crippen molar-refractivity contribution in [3.8, 4) is 5.75 Å². The van der Waals surface area contributed by atoms with E-state index in [1.807, 2.05) is 26.1 Å². The summed E-state index contributed by atoms with van der Waals surface area (Å²) in [6.45, 7) is 3.34. The van der Waals surface area contributed by atoms with Gasteiger partial charge in [0, 0.05) is 26.8 Å². The van der Waals surface area contributed by atoms with Crippen LogP contribution in [0.5, 0.6) is 5.75 Å². The Kier molecular flexibility index (Phi) is 8.51. The van der Waals surface area contributed by atoms with Crippen molar-refractivity contribution >= 4 is 29.9 Å². The Balaban J connectivity index is 0.00000288. The van der Waals surface area contributed by atoms with Gasteiger partial charge in [0.25, 0.3) is 0 Å². The van der Waals surface area contributed by atoms with E-state index >= 15 is 0 Å². The summed E-state index contributed by atoms with van der Waals surface area (Å²) >= 11 is 0. The normalized spacial score (nSPS) is 10.9. The number of benzene rings is 1. The summed E-state index contributed by atoms with van der Waals surface area (Å²) < 4.78 is 20.8. The number of hydrogen-bond donors (Lipinski definition) is 2. The van der Waals surface area contributed by atoms with Crippen molar-refractivity contribution in [3.05, 3.63) is 47.5 Å². The first-order chi connectivity index (χ1) is 11.1. The molecule has 0 amide bonds. The quantitative estimate of drug-likeness (QED) is 0.406. The van der Waals surface area contributed by atoms with E-state index in [2.05, 4.69) is 20.7 Å². The molecule has 0 fully saturated rings. The Hall–Kier alpha value is -1.84. The molecule has 0 spiro atoms. The molecule has 1 aromatic heterocycles. The summed E-state index contributed by atoms with van der Waals surface area (Å²) in [4.78, 5) is 4.15. The standard InChI is InChI=1S/C16H22FN5O.HI/c1-4-23-15-6-5-12(9-14(15)17)10-19-16(18-2)20-11-13-7-8-21-22(13)3;/h5-9H,4,10-11H2,1-3H3,(H2,18,19,20);1H. The molecule has 2 rings (SSSR count). The van der Waals surface area contributed by atoms with Crippen LogP contribution in [-0.2, 0) is 20.1 Å².